The highest BCUT2D eigenvalue weighted by molar-refractivity contribution is 9.10. The third kappa shape index (κ3) is 2.21. The summed E-state index contributed by atoms with van der Waals surface area (Å²) in [5, 5.41) is 6.75. The van der Waals surface area contributed by atoms with Crippen molar-refractivity contribution in [1.82, 2.24) is 5.32 Å². The summed E-state index contributed by atoms with van der Waals surface area (Å²) in [5.41, 5.74) is 2.36. The highest BCUT2D eigenvalue weighted by atomic mass is 79.9. The maximum atomic E-state index is 5.66. The second kappa shape index (κ2) is 4.74. The minimum atomic E-state index is 0.735. The summed E-state index contributed by atoms with van der Waals surface area (Å²) >= 11 is 3.59. The van der Waals surface area contributed by atoms with E-state index in [0.717, 1.165) is 55.2 Å². The number of fused-ring (bicyclic) bond motifs is 1. The van der Waals surface area contributed by atoms with Crippen molar-refractivity contribution in [1.29, 1.82) is 0 Å². The van der Waals surface area contributed by atoms with Crippen molar-refractivity contribution in [2.75, 3.05) is 49.5 Å². The number of hydrogen-bond acceptors (Lipinski definition) is 4. The van der Waals surface area contributed by atoms with Gasteiger partial charge in [0.05, 0.1) is 10.2 Å². The van der Waals surface area contributed by atoms with Gasteiger partial charge in [-0.1, -0.05) is 0 Å². The van der Waals surface area contributed by atoms with Crippen LogP contribution in [0.5, 0.6) is 5.75 Å². The first-order valence-electron chi connectivity index (χ1n) is 6.00. The second-order valence-electron chi connectivity index (χ2n) is 4.32. The number of halogens is 1. The van der Waals surface area contributed by atoms with Gasteiger partial charge in [0.15, 0.2) is 5.75 Å². The fourth-order valence-corrected chi connectivity index (χ4v) is 2.86. The number of anilines is 2. The topological polar surface area (TPSA) is 36.5 Å². The molecule has 2 heterocycles. The van der Waals surface area contributed by atoms with Crippen molar-refractivity contribution in [2.45, 2.75) is 0 Å². The quantitative estimate of drug-likeness (QED) is 0.827. The van der Waals surface area contributed by atoms with Gasteiger partial charge in [-0.05, 0) is 28.1 Å². The first-order valence-corrected chi connectivity index (χ1v) is 6.80. The van der Waals surface area contributed by atoms with Gasteiger partial charge >= 0.3 is 0 Å². The molecular weight excluding hydrogens is 282 g/mol. The molecule has 1 saturated heterocycles. The zero-order chi connectivity index (χ0) is 11.7. The van der Waals surface area contributed by atoms with Crippen LogP contribution in [0.25, 0.3) is 0 Å². The van der Waals surface area contributed by atoms with Gasteiger partial charge < -0.3 is 20.3 Å². The van der Waals surface area contributed by atoms with E-state index in [1.807, 2.05) is 0 Å². The SMILES string of the molecule is Brc1cc(N2CCNCC2)cc2c1OCCN2. The van der Waals surface area contributed by atoms with E-state index in [9.17, 15) is 0 Å². The van der Waals surface area contributed by atoms with Crippen molar-refractivity contribution in [3.63, 3.8) is 0 Å². The summed E-state index contributed by atoms with van der Waals surface area (Å²) in [5.74, 6) is 0.940. The maximum absolute atomic E-state index is 5.66. The lowest BCUT2D eigenvalue weighted by atomic mass is 10.2. The summed E-state index contributed by atoms with van der Waals surface area (Å²) in [4.78, 5) is 2.40. The van der Waals surface area contributed by atoms with Crippen LogP contribution < -0.4 is 20.3 Å². The molecule has 0 spiro atoms. The molecule has 17 heavy (non-hydrogen) atoms. The van der Waals surface area contributed by atoms with Gasteiger partial charge in [-0.2, -0.15) is 0 Å². The van der Waals surface area contributed by atoms with E-state index in [4.69, 9.17) is 4.74 Å². The third-order valence-electron chi connectivity index (χ3n) is 3.17. The van der Waals surface area contributed by atoms with Crippen molar-refractivity contribution >= 4 is 27.3 Å². The predicted molar refractivity (Wildman–Crippen MR) is 73.2 cm³/mol. The van der Waals surface area contributed by atoms with E-state index in [1.165, 1.54) is 5.69 Å². The van der Waals surface area contributed by atoms with E-state index in [2.05, 4.69) is 43.6 Å². The molecule has 0 amide bonds. The Hall–Kier alpha value is -0.940. The average Bonchev–Trinajstić information content (AvgIpc) is 2.40. The highest BCUT2D eigenvalue weighted by Crippen LogP contribution is 2.39. The van der Waals surface area contributed by atoms with E-state index in [-0.39, 0.29) is 0 Å². The molecule has 92 valence electrons. The normalized spacial score (nSPS) is 19.2. The lowest BCUT2D eigenvalue weighted by molar-refractivity contribution is 0.321. The Balaban J connectivity index is 1.92. The first-order chi connectivity index (χ1) is 8.34. The smallest absolute Gasteiger partial charge is 0.156 e. The molecule has 1 aromatic rings. The molecule has 0 radical (unpaired) electrons. The number of hydrogen-bond donors (Lipinski definition) is 2. The fraction of sp³-hybridized carbons (Fsp3) is 0.500. The minimum absolute atomic E-state index is 0.735. The van der Waals surface area contributed by atoms with Crippen molar-refractivity contribution in [3.05, 3.63) is 16.6 Å². The van der Waals surface area contributed by atoms with Crippen LogP contribution >= 0.6 is 15.9 Å². The monoisotopic (exact) mass is 297 g/mol. The third-order valence-corrected chi connectivity index (χ3v) is 3.76. The van der Waals surface area contributed by atoms with Crippen LogP contribution in [0.4, 0.5) is 11.4 Å². The lowest BCUT2D eigenvalue weighted by Gasteiger charge is -2.31. The molecule has 0 bridgehead atoms. The van der Waals surface area contributed by atoms with Crippen LogP contribution in [0.3, 0.4) is 0 Å². The Labute approximate surface area is 109 Å². The molecule has 1 fully saturated rings. The van der Waals surface area contributed by atoms with Gasteiger partial charge in [-0.15, -0.1) is 0 Å². The molecule has 1 aromatic carbocycles. The van der Waals surface area contributed by atoms with E-state index < -0.39 is 0 Å². The molecule has 0 aliphatic carbocycles. The largest absolute Gasteiger partial charge is 0.488 e. The molecular formula is C12H16BrN3O. The van der Waals surface area contributed by atoms with Gasteiger partial charge in [0.1, 0.15) is 6.61 Å². The zero-order valence-electron chi connectivity index (χ0n) is 9.63. The average molecular weight is 298 g/mol. The molecule has 0 aromatic heterocycles. The molecule has 2 aliphatic rings. The van der Waals surface area contributed by atoms with Gasteiger partial charge in [0.25, 0.3) is 0 Å². The summed E-state index contributed by atoms with van der Waals surface area (Å²) in [6.07, 6.45) is 0. The second-order valence-corrected chi connectivity index (χ2v) is 5.17. The number of benzene rings is 1. The maximum Gasteiger partial charge on any atom is 0.156 e. The van der Waals surface area contributed by atoms with Crippen molar-refractivity contribution < 1.29 is 4.74 Å². The number of ether oxygens (including phenoxy) is 1. The van der Waals surface area contributed by atoms with Gasteiger partial charge in [-0.25, -0.2) is 0 Å². The standard InChI is InChI=1S/C12H16BrN3O/c13-10-7-9(16-4-1-14-2-5-16)8-11-12(10)17-6-3-15-11/h7-8,14-15H,1-6H2. The Morgan fingerprint density at radius 2 is 2.00 bits per heavy atom. The van der Waals surface area contributed by atoms with Crippen molar-refractivity contribution in [2.24, 2.45) is 0 Å². The molecule has 2 N–H and O–H groups in total. The Bertz CT molecular complexity index is 418. The van der Waals surface area contributed by atoms with Crippen LogP contribution in [-0.4, -0.2) is 39.3 Å². The molecule has 2 aliphatic heterocycles. The summed E-state index contributed by atoms with van der Waals surface area (Å²) in [6.45, 7) is 5.85. The van der Waals surface area contributed by atoms with E-state index in [0.29, 0.717) is 0 Å². The number of nitrogens with zero attached hydrogens (tertiary/aromatic N) is 1. The Morgan fingerprint density at radius 1 is 1.18 bits per heavy atom. The summed E-state index contributed by atoms with van der Waals surface area (Å²) in [6, 6.07) is 4.34. The molecule has 3 rings (SSSR count). The molecule has 0 unspecified atom stereocenters. The summed E-state index contributed by atoms with van der Waals surface area (Å²) < 4.78 is 6.69. The first kappa shape index (κ1) is 11.2. The van der Waals surface area contributed by atoms with Crippen LogP contribution in [-0.2, 0) is 0 Å². The summed E-state index contributed by atoms with van der Waals surface area (Å²) in [7, 11) is 0. The predicted octanol–water partition coefficient (Wildman–Crippen LogP) is 1.66. The van der Waals surface area contributed by atoms with Crippen LogP contribution in [0.1, 0.15) is 0 Å². The van der Waals surface area contributed by atoms with E-state index >= 15 is 0 Å². The van der Waals surface area contributed by atoms with Gasteiger partial charge in [-0.3, -0.25) is 0 Å². The van der Waals surface area contributed by atoms with Crippen LogP contribution in [0.15, 0.2) is 16.6 Å². The number of rotatable bonds is 1. The van der Waals surface area contributed by atoms with Gasteiger partial charge in [0, 0.05) is 38.4 Å². The number of nitrogens with one attached hydrogen (secondary N) is 2. The molecule has 4 nitrogen and oxygen atoms in total. The fourth-order valence-electron chi connectivity index (χ4n) is 2.30. The molecule has 0 atom stereocenters. The van der Waals surface area contributed by atoms with E-state index in [1.54, 1.807) is 0 Å². The lowest BCUT2D eigenvalue weighted by Crippen LogP contribution is -2.43. The van der Waals surface area contributed by atoms with Gasteiger partial charge in [0.2, 0.25) is 0 Å². The highest BCUT2D eigenvalue weighted by Gasteiger charge is 2.18. The zero-order valence-corrected chi connectivity index (χ0v) is 11.2. The molecule has 5 heteroatoms. The Kier molecular flexibility index (Phi) is 3.11. The van der Waals surface area contributed by atoms with Crippen molar-refractivity contribution in [3.8, 4) is 5.75 Å². The van der Waals surface area contributed by atoms with Crippen LogP contribution in [0, 0.1) is 0 Å². The Morgan fingerprint density at radius 3 is 2.82 bits per heavy atom. The minimum Gasteiger partial charge on any atom is -0.488 e. The number of piperazine rings is 1. The molecule has 0 saturated carbocycles. The van der Waals surface area contributed by atoms with Crippen LogP contribution in [0.2, 0.25) is 0 Å².